The summed E-state index contributed by atoms with van der Waals surface area (Å²) in [5, 5.41) is 15.8. The Morgan fingerprint density at radius 1 is 1.17 bits per heavy atom. The van der Waals surface area contributed by atoms with E-state index in [1.165, 1.54) is 16.8 Å². The Labute approximate surface area is 172 Å². The molecule has 0 fully saturated rings. The minimum absolute atomic E-state index is 0.239. The largest absolute Gasteiger partial charge is 0.354 e. The van der Waals surface area contributed by atoms with Gasteiger partial charge in [0, 0.05) is 44.1 Å². The molecular formula is C22H31N7. The molecule has 154 valence electrons. The third-order valence-corrected chi connectivity index (χ3v) is 5.11. The molecule has 1 unspecified atom stereocenters. The fourth-order valence-corrected chi connectivity index (χ4v) is 3.44. The minimum Gasteiger partial charge on any atom is -0.354 e. The third-order valence-electron chi connectivity index (χ3n) is 5.11. The average molecular weight is 394 g/mol. The number of aromatic nitrogens is 4. The number of aliphatic imine (C=N–C) groups is 1. The maximum Gasteiger partial charge on any atom is 0.191 e. The highest BCUT2D eigenvalue weighted by Crippen LogP contribution is 2.14. The van der Waals surface area contributed by atoms with Crippen molar-refractivity contribution in [2.24, 2.45) is 12.0 Å². The molecule has 0 aliphatic heterocycles. The van der Waals surface area contributed by atoms with Gasteiger partial charge in [-0.05, 0) is 38.3 Å². The highest BCUT2D eigenvalue weighted by atomic mass is 15.3. The van der Waals surface area contributed by atoms with Crippen molar-refractivity contribution in [2.45, 2.75) is 46.3 Å². The van der Waals surface area contributed by atoms with Gasteiger partial charge < -0.3 is 10.6 Å². The van der Waals surface area contributed by atoms with Crippen LogP contribution in [0.5, 0.6) is 0 Å². The third kappa shape index (κ3) is 5.47. The summed E-state index contributed by atoms with van der Waals surface area (Å²) in [5.41, 5.74) is 5.96. The van der Waals surface area contributed by atoms with E-state index in [-0.39, 0.29) is 6.04 Å². The fourth-order valence-electron chi connectivity index (χ4n) is 3.44. The number of hydrogen-bond acceptors (Lipinski definition) is 3. The second-order valence-electron chi connectivity index (χ2n) is 7.48. The number of hydrogen-bond donors (Lipinski definition) is 2. The van der Waals surface area contributed by atoms with Crippen molar-refractivity contribution in [2.75, 3.05) is 7.05 Å². The van der Waals surface area contributed by atoms with Crippen molar-refractivity contribution < 1.29 is 0 Å². The van der Waals surface area contributed by atoms with Crippen LogP contribution in [0.3, 0.4) is 0 Å². The summed E-state index contributed by atoms with van der Waals surface area (Å²) >= 11 is 0. The molecule has 1 aromatic carbocycles. The van der Waals surface area contributed by atoms with Crippen molar-refractivity contribution >= 4 is 5.96 Å². The minimum atomic E-state index is 0.239. The van der Waals surface area contributed by atoms with E-state index in [1.54, 1.807) is 7.05 Å². The predicted molar refractivity (Wildman–Crippen MR) is 117 cm³/mol. The van der Waals surface area contributed by atoms with E-state index in [2.05, 4.69) is 64.9 Å². The van der Waals surface area contributed by atoms with Crippen molar-refractivity contribution in [1.29, 1.82) is 0 Å². The summed E-state index contributed by atoms with van der Waals surface area (Å²) < 4.78 is 3.90. The number of benzene rings is 1. The normalized spacial score (nSPS) is 12.8. The summed E-state index contributed by atoms with van der Waals surface area (Å²) in [7, 11) is 3.78. The molecule has 3 rings (SSSR count). The molecule has 0 radical (unpaired) electrons. The molecule has 2 N–H and O–H groups in total. The lowest BCUT2D eigenvalue weighted by Crippen LogP contribution is -2.42. The lowest BCUT2D eigenvalue weighted by molar-refractivity contribution is 0.635. The van der Waals surface area contributed by atoms with Crippen LogP contribution in [0, 0.1) is 13.8 Å². The number of aryl methyl sites for hydroxylation is 2. The standard InChI is InChI=1S/C22H31N7/c1-16(11-21-17(2)27-28(5)18(21)3)26-22(23-4)24-12-20-13-25-29(15-20)14-19-9-7-6-8-10-19/h6-10,13,15-16H,11-12,14H2,1-5H3,(H2,23,24,26). The van der Waals surface area contributed by atoms with Gasteiger partial charge in [0.2, 0.25) is 0 Å². The summed E-state index contributed by atoms with van der Waals surface area (Å²) in [6, 6.07) is 10.6. The summed E-state index contributed by atoms with van der Waals surface area (Å²) in [5.74, 6) is 0.785. The molecule has 0 saturated carbocycles. The van der Waals surface area contributed by atoms with E-state index in [4.69, 9.17) is 0 Å². The molecule has 1 atom stereocenters. The van der Waals surface area contributed by atoms with Crippen LogP contribution in [0.4, 0.5) is 0 Å². The molecular weight excluding hydrogens is 362 g/mol. The Kier molecular flexibility index (Phi) is 6.69. The van der Waals surface area contributed by atoms with Gasteiger partial charge in [-0.3, -0.25) is 14.4 Å². The van der Waals surface area contributed by atoms with Crippen LogP contribution in [-0.2, 0) is 26.6 Å². The maximum atomic E-state index is 4.50. The van der Waals surface area contributed by atoms with Crippen molar-refractivity contribution in [1.82, 2.24) is 30.2 Å². The van der Waals surface area contributed by atoms with E-state index < -0.39 is 0 Å². The summed E-state index contributed by atoms with van der Waals surface area (Å²) in [4.78, 5) is 4.36. The molecule has 3 aromatic rings. The average Bonchev–Trinajstić information content (AvgIpc) is 3.25. The van der Waals surface area contributed by atoms with E-state index in [0.717, 1.165) is 30.2 Å². The molecule has 29 heavy (non-hydrogen) atoms. The highest BCUT2D eigenvalue weighted by Gasteiger charge is 2.14. The van der Waals surface area contributed by atoms with Crippen molar-refractivity contribution in [3.63, 3.8) is 0 Å². The van der Waals surface area contributed by atoms with Gasteiger partial charge in [0.25, 0.3) is 0 Å². The smallest absolute Gasteiger partial charge is 0.191 e. The number of guanidine groups is 1. The zero-order valence-corrected chi connectivity index (χ0v) is 18.0. The van der Waals surface area contributed by atoms with Crippen LogP contribution in [0.2, 0.25) is 0 Å². The molecule has 7 nitrogen and oxygen atoms in total. The van der Waals surface area contributed by atoms with Gasteiger partial charge in [-0.2, -0.15) is 10.2 Å². The highest BCUT2D eigenvalue weighted by molar-refractivity contribution is 5.79. The van der Waals surface area contributed by atoms with Gasteiger partial charge in [0.15, 0.2) is 5.96 Å². The predicted octanol–water partition coefficient (Wildman–Crippen LogP) is 2.58. The zero-order chi connectivity index (χ0) is 20.8. The first-order chi connectivity index (χ1) is 14.0. The molecule has 0 aliphatic carbocycles. The van der Waals surface area contributed by atoms with Gasteiger partial charge in [0.1, 0.15) is 0 Å². The Morgan fingerprint density at radius 3 is 2.59 bits per heavy atom. The molecule has 0 bridgehead atoms. The Bertz CT molecular complexity index is 953. The van der Waals surface area contributed by atoms with E-state index in [9.17, 15) is 0 Å². The van der Waals surface area contributed by atoms with Crippen molar-refractivity contribution in [3.05, 3.63) is 70.8 Å². The lowest BCUT2D eigenvalue weighted by atomic mass is 10.1. The maximum absolute atomic E-state index is 4.50. The number of nitrogens with zero attached hydrogens (tertiary/aromatic N) is 5. The molecule has 7 heteroatoms. The van der Waals surface area contributed by atoms with E-state index in [0.29, 0.717) is 6.54 Å². The van der Waals surface area contributed by atoms with Crippen LogP contribution in [0.1, 0.15) is 35.0 Å². The molecule has 0 aliphatic rings. The first kappa shape index (κ1) is 20.6. The summed E-state index contributed by atoms with van der Waals surface area (Å²) in [6.07, 6.45) is 4.87. The Hall–Kier alpha value is -3.09. The van der Waals surface area contributed by atoms with Crippen LogP contribution < -0.4 is 10.6 Å². The number of nitrogens with one attached hydrogen (secondary N) is 2. The molecule has 0 spiro atoms. The van der Waals surface area contributed by atoms with Crippen LogP contribution in [0.15, 0.2) is 47.7 Å². The first-order valence-electron chi connectivity index (χ1n) is 9.97. The van der Waals surface area contributed by atoms with Gasteiger partial charge >= 0.3 is 0 Å². The molecule has 2 heterocycles. The molecule has 0 amide bonds. The second-order valence-corrected chi connectivity index (χ2v) is 7.48. The lowest BCUT2D eigenvalue weighted by Gasteiger charge is -2.18. The SMILES string of the molecule is CN=C(NCc1cnn(Cc2ccccc2)c1)NC(C)Cc1c(C)nn(C)c1C. The van der Waals surface area contributed by atoms with E-state index in [1.807, 2.05) is 40.8 Å². The van der Waals surface area contributed by atoms with Crippen LogP contribution in [0.25, 0.3) is 0 Å². The number of rotatable bonds is 7. The van der Waals surface area contributed by atoms with Gasteiger partial charge in [-0.1, -0.05) is 30.3 Å². The fraction of sp³-hybridized carbons (Fsp3) is 0.409. The van der Waals surface area contributed by atoms with Crippen molar-refractivity contribution in [3.8, 4) is 0 Å². The quantitative estimate of drug-likeness (QED) is 0.478. The second kappa shape index (κ2) is 9.41. The van der Waals surface area contributed by atoms with Gasteiger partial charge in [-0.15, -0.1) is 0 Å². The molecule has 2 aromatic heterocycles. The topological polar surface area (TPSA) is 72.1 Å². The summed E-state index contributed by atoms with van der Waals surface area (Å²) in [6.45, 7) is 7.79. The Balaban J connectivity index is 1.51. The monoisotopic (exact) mass is 393 g/mol. The Morgan fingerprint density at radius 2 is 1.93 bits per heavy atom. The van der Waals surface area contributed by atoms with Gasteiger partial charge in [-0.25, -0.2) is 0 Å². The van der Waals surface area contributed by atoms with Gasteiger partial charge in [0.05, 0.1) is 18.4 Å². The van der Waals surface area contributed by atoms with Crippen LogP contribution in [-0.4, -0.2) is 38.6 Å². The van der Waals surface area contributed by atoms with E-state index >= 15 is 0 Å². The van der Waals surface area contributed by atoms with Crippen LogP contribution >= 0.6 is 0 Å². The zero-order valence-electron chi connectivity index (χ0n) is 18.0. The first-order valence-corrected chi connectivity index (χ1v) is 9.97. The molecule has 0 saturated heterocycles.